The Labute approximate surface area is 174 Å². The van der Waals surface area contributed by atoms with Gasteiger partial charge in [-0.15, -0.1) is 0 Å². The zero-order chi connectivity index (χ0) is 21.9. The number of para-hydroxylation sites is 1. The Hall–Kier alpha value is -2.85. The van der Waals surface area contributed by atoms with E-state index in [1.54, 1.807) is 6.07 Å². The lowest BCUT2D eigenvalue weighted by molar-refractivity contribution is -0.144. The van der Waals surface area contributed by atoms with E-state index in [-0.39, 0.29) is 29.4 Å². The highest BCUT2D eigenvalue weighted by Crippen LogP contribution is 2.34. The van der Waals surface area contributed by atoms with Crippen molar-refractivity contribution in [3.8, 4) is 17.2 Å². The van der Waals surface area contributed by atoms with Crippen LogP contribution in [0, 0.1) is 5.82 Å². The lowest BCUT2D eigenvalue weighted by Gasteiger charge is -2.22. The second-order valence-corrected chi connectivity index (χ2v) is 8.43. The van der Waals surface area contributed by atoms with Crippen LogP contribution in [-0.2, 0) is 19.6 Å². The second-order valence-electron chi connectivity index (χ2n) is 6.54. The van der Waals surface area contributed by atoms with E-state index in [1.165, 1.54) is 57.7 Å². The molecule has 0 amide bonds. The van der Waals surface area contributed by atoms with Crippen molar-refractivity contribution in [2.45, 2.75) is 23.5 Å². The van der Waals surface area contributed by atoms with Gasteiger partial charge in [0.1, 0.15) is 12.1 Å². The summed E-state index contributed by atoms with van der Waals surface area (Å²) in [6.45, 7) is -0.148. The fourth-order valence-corrected chi connectivity index (χ4v) is 4.94. The molecular formula is C20H22FNO7S. The van der Waals surface area contributed by atoms with Crippen molar-refractivity contribution >= 4 is 16.0 Å². The number of methoxy groups -OCH3 is 3. The molecule has 30 heavy (non-hydrogen) atoms. The fraction of sp³-hybridized carbons (Fsp3) is 0.350. The third-order valence-electron chi connectivity index (χ3n) is 4.78. The van der Waals surface area contributed by atoms with Gasteiger partial charge in [0, 0.05) is 12.5 Å². The van der Waals surface area contributed by atoms with Gasteiger partial charge in [-0.05, 0) is 24.3 Å². The van der Waals surface area contributed by atoms with Gasteiger partial charge in [0.05, 0.1) is 32.8 Å². The maximum absolute atomic E-state index is 13.9. The van der Waals surface area contributed by atoms with Crippen LogP contribution in [0.2, 0.25) is 0 Å². The number of ether oxygens (including phenoxy) is 4. The molecule has 2 aromatic carbocycles. The number of sulfonamides is 1. The van der Waals surface area contributed by atoms with Crippen LogP contribution >= 0.6 is 0 Å². The van der Waals surface area contributed by atoms with Crippen molar-refractivity contribution in [3.63, 3.8) is 0 Å². The van der Waals surface area contributed by atoms with Gasteiger partial charge in [0.15, 0.2) is 23.1 Å². The Morgan fingerprint density at radius 3 is 2.37 bits per heavy atom. The molecular weight excluding hydrogens is 417 g/mol. The van der Waals surface area contributed by atoms with Crippen molar-refractivity contribution < 1.29 is 36.6 Å². The van der Waals surface area contributed by atoms with Gasteiger partial charge in [-0.25, -0.2) is 12.8 Å². The molecule has 2 aromatic rings. The quantitative estimate of drug-likeness (QED) is 0.611. The molecule has 8 nitrogen and oxygen atoms in total. The molecule has 0 radical (unpaired) electrons. The lowest BCUT2D eigenvalue weighted by Crippen LogP contribution is -2.41. The average molecular weight is 439 g/mol. The lowest BCUT2D eigenvalue weighted by atomic mass is 10.2. The van der Waals surface area contributed by atoms with E-state index in [2.05, 4.69) is 0 Å². The second kappa shape index (κ2) is 8.88. The topological polar surface area (TPSA) is 91.4 Å². The Balaban J connectivity index is 1.93. The zero-order valence-electron chi connectivity index (χ0n) is 16.7. The zero-order valence-corrected chi connectivity index (χ0v) is 17.5. The summed E-state index contributed by atoms with van der Waals surface area (Å²) in [6, 6.07) is 8.82. The summed E-state index contributed by atoms with van der Waals surface area (Å²) in [6.07, 6.45) is -0.714. The Morgan fingerprint density at radius 1 is 1.03 bits per heavy atom. The maximum Gasteiger partial charge on any atom is 0.324 e. The first-order chi connectivity index (χ1) is 14.3. The summed E-state index contributed by atoms with van der Waals surface area (Å²) in [5.41, 5.74) is 0. The number of benzene rings is 2. The number of esters is 1. The van der Waals surface area contributed by atoms with Crippen LogP contribution in [0.15, 0.2) is 47.4 Å². The van der Waals surface area contributed by atoms with E-state index >= 15 is 0 Å². The van der Waals surface area contributed by atoms with Gasteiger partial charge in [0.2, 0.25) is 10.0 Å². The normalized spacial score (nSPS) is 19.3. The van der Waals surface area contributed by atoms with E-state index in [0.29, 0.717) is 5.75 Å². The minimum atomic E-state index is -4.11. The SMILES string of the molecule is COC(=O)C1CC(Oc2ccccc2F)CN1S(=O)(=O)c1ccc(OC)c(OC)c1. The minimum absolute atomic E-state index is 0.0171. The van der Waals surface area contributed by atoms with Gasteiger partial charge >= 0.3 is 5.97 Å². The highest BCUT2D eigenvalue weighted by atomic mass is 32.2. The van der Waals surface area contributed by atoms with E-state index in [0.717, 1.165) is 4.31 Å². The van der Waals surface area contributed by atoms with Crippen LogP contribution in [0.25, 0.3) is 0 Å². The van der Waals surface area contributed by atoms with Gasteiger partial charge in [-0.3, -0.25) is 4.79 Å². The largest absolute Gasteiger partial charge is 0.493 e. The van der Waals surface area contributed by atoms with E-state index in [1.807, 2.05) is 0 Å². The Morgan fingerprint density at radius 2 is 1.73 bits per heavy atom. The number of carbonyl (C=O) groups excluding carboxylic acids is 1. The van der Waals surface area contributed by atoms with E-state index < -0.39 is 34.0 Å². The molecule has 0 aromatic heterocycles. The molecule has 1 aliphatic rings. The molecule has 10 heteroatoms. The van der Waals surface area contributed by atoms with Crippen LogP contribution in [0.4, 0.5) is 4.39 Å². The molecule has 0 bridgehead atoms. The molecule has 1 saturated heterocycles. The molecule has 0 spiro atoms. The van der Waals surface area contributed by atoms with Gasteiger partial charge in [-0.1, -0.05) is 12.1 Å². The van der Waals surface area contributed by atoms with Crippen LogP contribution < -0.4 is 14.2 Å². The average Bonchev–Trinajstić information content (AvgIpc) is 3.19. The minimum Gasteiger partial charge on any atom is -0.493 e. The monoisotopic (exact) mass is 439 g/mol. The highest BCUT2D eigenvalue weighted by Gasteiger charge is 2.46. The number of carbonyl (C=O) groups is 1. The van der Waals surface area contributed by atoms with Gasteiger partial charge < -0.3 is 18.9 Å². The number of hydrogen-bond donors (Lipinski definition) is 0. The molecule has 162 valence electrons. The summed E-state index contributed by atoms with van der Waals surface area (Å²) in [5.74, 6) is -0.724. The molecule has 2 atom stereocenters. The molecule has 1 heterocycles. The predicted molar refractivity (Wildman–Crippen MR) is 105 cm³/mol. The number of nitrogens with zero attached hydrogens (tertiary/aromatic N) is 1. The first kappa shape index (κ1) is 21.8. The summed E-state index contributed by atoms with van der Waals surface area (Å²) >= 11 is 0. The molecule has 1 aliphatic heterocycles. The van der Waals surface area contributed by atoms with Crippen LogP contribution in [-0.4, -0.2) is 58.7 Å². The molecule has 1 fully saturated rings. The number of halogens is 1. The van der Waals surface area contributed by atoms with Crippen molar-refractivity contribution in [2.75, 3.05) is 27.9 Å². The summed E-state index contributed by atoms with van der Waals surface area (Å²) in [5, 5.41) is 0. The molecule has 0 saturated carbocycles. The summed E-state index contributed by atoms with van der Waals surface area (Å²) in [7, 11) is -0.114. The maximum atomic E-state index is 13.9. The molecule has 2 unspecified atom stereocenters. The fourth-order valence-electron chi connectivity index (χ4n) is 3.30. The van der Waals surface area contributed by atoms with Crippen LogP contribution in [0.5, 0.6) is 17.2 Å². The predicted octanol–water partition coefficient (Wildman–Crippen LogP) is 2.23. The van der Waals surface area contributed by atoms with E-state index in [4.69, 9.17) is 18.9 Å². The van der Waals surface area contributed by atoms with Crippen molar-refractivity contribution in [2.24, 2.45) is 0 Å². The number of hydrogen-bond acceptors (Lipinski definition) is 7. The van der Waals surface area contributed by atoms with Crippen molar-refractivity contribution in [1.82, 2.24) is 4.31 Å². The summed E-state index contributed by atoms with van der Waals surface area (Å²) in [4.78, 5) is 12.2. The van der Waals surface area contributed by atoms with E-state index in [9.17, 15) is 17.6 Å². The van der Waals surface area contributed by atoms with Crippen molar-refractivity contribution in [3.05, 3.63) is 48.3 Å². The Kier molecular flexibility index (Phi) is 6.47. The summed E-state index contributed by atoms with van der Waals surface area (Å²) < 4.78 is 62.3. The third kappa shape index (κ3) is 4.19. The van der Waals surface area contributed by atoms with Crippen molar-refractivity contribution in [1.29, 1.82) is 0 Å². The molecule has 0 aliphatic carbocycles. The molecule has 3 rings (SSSR count). The first-order valence-corrected chi connectivity index (χ1v) is 10.5. The third-order valence-corrected chi connectivity index (χ3v) is 6.65. The van der Waals surface area contributed by atoms with Crippen LogP contribution in [0.1, 0.15) is 6.42 Å². The number of rotatable bonds is 7. The smallest absolute Gasteiger partial charge is 0.324 e. The van der Waals surface area contributed by atoms with Gasteiger partial charge in [0.25, 0.3) is 0 Å². The molecule has 0 N–H and O–H groups in total. The Bertz CT molecular complexity index is 1030. The standard InChI is InChI=1S/C20H22FNO7S/c1-26-18-9-8-14(11-19(18)27-2)30(24,25)22-12-13(10-16(22)20(23)28-3)29-17-7-5-4-6-15(17)21/h4-9,11,13,16H,10,12H2,1-3H3. The van der Waals surface area contributed by atoms with Crippen LogP contribution in [0.3, 0.4) is 0 Å². The first-order valence-electron chi connectivity index (χ1n) is 9.04. The van der Waals surface area contributed by atoms with Gasteiger partial charge in [-0.2, -0.15) is 4.31 Å². The highest BCUT2D eigenvalue weighted by molar-refractivity contribution is 7.89.